The topological polar surface area (TPSA) is 54.6 Å². The lowest BCUT2D eigenvalue weighted by atomic mass is 10.0. The van der Waals surface area contributed by atoms with E-state index in [1.165, 1.54) is 31.2 Å². The number of nitrogens with one attached hydrogen (secondary N) is 1. The van der Waals surface area contributed by atoms with Crippen molar-refractivity contribution < 1.29 is 9.21 Å². The number of benzene rings is 1. The van der Waals surface area contributed by atoms with Crippen LogP contribution in [0.5, 0.6) is 0 Å². The van der Waals surface area contributed by atoms with E-state index in [-0.39, 0.29) is 5.91 Å². The van der Waals surface area contributed by atoms with Crippen LogP contribution in [0.4, 0.5) is 0 Å². The second-order valence-corrected chi connectivity index (χ2v) is 6.47. The molecule has 0 saturated carbocycles. The lowest BCUT2D eigenvalue weighted by Gasteiger charge is -2.05. The molecule has 0 radical (unpaired) electrons. The van der Waals surface area contributed by atoms with Gasteiger partial charge in [0.05, 0.1) is 11.3 Å². The summed E-state index contributed by atoms with van der Waals surface area (Å²) in [6.45, 7) is 7.72. The molecule has 0 spiro atoms. The zero-order chi connectivity index (χ0) is 18.2. The Kier molecular flexibility index (Phi) is 6.99. The van der Waals surface area contributed by atoms with Gasteiger partial charge >= 0.3 is 0 Å². The highest BCUT2D eigenvalue weighted by molar-refractivity contribution is 6.01. The van der Waals surface area contributed by atoms with Crippen molar-refractivity contribution in [1.82, 2.24) is 5.43 Å². The van der Waals surface area contributed by atoms with Crippen molar-refractivity contribution in [3.8, 4) is 0 Å². The van der Waals surface area contributed by atoms with Gasteiger partial charge in [-0.3, -0.25) is 4.79 Å². The minimum Gasteiger partial charge on any atom is -0.466 e. The van der Waals surface area contributed by atoms with E-state index in [2.05, 4.69) is 41.7 Å². The first-order chi connectivity index (χ1) is 12.0. The number of amides is 1. The van der Waals surface area contributed by atoms with Crippen LogP contribution in [0, 0.1) is 13.8 Å². The van der Waals surface area contributed by atoms with Crippen molar-refractivity contribution >= 4 is 11.6 Å². The van der Waals surface area contributed by atoms with Crippen LogP contribution >= 0.6 is 0 Å². The second-order valence-electron chi connectivity index (χ2n) is 6.47. The molecule has 1 heterocycles. The molecule has 0 aliphatic carbocycles. The molecule has 0 atom stereocenters. The van der Waals surface area contributed by atoms with Gasteiger partial charge in [-0.25, -0.2) is 5.43 Å². The average Bonchev–Trinajstić information content (AvgIpc) is 2.95. The standard InChI is InChI=1S/C21H28N2O2/c1-5-6-7-8-9-18-10-12-19(13-11-18)16(3)22-23-21(24)20-14-15(2)25-17(20)4/h10-14H,5-9H2,1-4H3,(H,23,24). The highest BCUT2D eigenvalue weighted by Gasteiger charge is 2.12. The Bertz CT molecular complexity index is 727. The molecular weight excluding hydrogens is 312 g/mol. The minimum atomic E-state index is -0.249. The van der Waals surface area contributed by atoms with E-state index >= 15 is 0 Å². The summed E-state index contributed by atoms with van der Waals surface area (Å²) >= 11 is 0. The van der Waals surface area contributed by atoms with Crippen molar-refractivity contribution in [2.24, 2.45) is 5.10 Å². The van der Waals surface area contributed by atoms with Crippen LogP contribution in [0.3, 0.4) is 0 Å². The van der Waals surface area contributed by atoms with E-state index in [9.17, 15) is 4.79 Å². The number of hydrogen-bond acceptors (Lipinski definition) is 3. The SMILES string of the molecule is CCCCCCc1ccc(C(C)=NNC(=O)c2cc(C)oc2C)cc1. The van der Waals surface area contributed by atoms with E-state index in [0.717, 1.165) is 23.5 Å². The first-order valence-corrected chi connectivity index (χ1v) is 9.02. The monoisotopic (exact) mass is 340 g/mol. The first kappa shape index (κ1) is 19.0. The van der Waals surface area contributed by atoms with Gasteiger partial charge in [0, 0.05) is 0 Å². The van der Waals surface area contributed by atoms with Crippen molar-refractivity contribution in [2.45, 2.75) is 59.8 Å². The van der Waals surface area contributed by atoms with Gasteiger partial charge in [0.2, 0.25) is 0 Å². The minimum absolute atomic E-state index is 0.249. The third-order valence-corrected chi connectivity index (χ3v) is 4.30. The molecule has 1 aromatic carbocycles. The molecule has 0 saturated heterocycles. The van der Waals surface area contributed by atoms with Crippen LogP contribution in [-0.2, 0) is 6.42 Å². The predicted molar refractivity (Wildman–Crippen MR) is 102 cm³/mol. The molecule has 1 aromatic heterocycles. The van der Waals surface area contributed by atoms with E-state index < -0.39 is 0 Å². The maximum atomic E-state index is 12.2. The van der Waals surface area contributed by atoms with Crippen LogP contribution in [0.15, 0.2) is 39.9 Å². The predicted octanol–water partition coefficient (Wildman–Crippen LogP) is 5.17. The number of furan rings is 1. The van der Waals surface area contributed by atoms with E-state index in [1.54, 1.807) is 13.0 Å². The third kappa shape index (κ3) is 5.59. The average molecular weight is 340 g/mol. The number of aryl methyl sites for hydroxylation is 3. The van der Waals surface area contributed by atoms with Gasteiger partial charge in [-0.05, 0) is 50.8 Å². The third-order valence-electron chi connectivity index (χ3n) is 4.30. The molecule has 4 nitrogen and oxygen atoms in total. The number of carbonyl (C=O) groups is 1. The summed E-state index contributed by atoms with van der Waals surface area (Å²) in [5.74, 6) is 1.08. The molecule has 25 heavy (non-hydrogen) atoms. The number of hydrogen-bond donors (Lipinski definition) is 1. The molecule has 0 aliphatic heterocycles. The Morgan fingerprint density at radius 1 is 1.12 bits per heavy atom. The summed E-state index contributed by atoms with van der Waals surface area (Å²) in [5.41, 5.74) is 6.27. The fourth-order valence-corrected chi connectivity index (χ4v) is 2.78. The van der Waals surface area contributed by atoms with Crippen molar-refractivity contribution in [3.05, 3.63) is 58.5 Å². The number of unbranched alkanes of at least 4 members (excludes halogenated alkanes) is 3. The fraction of sp³-hybridized carbons (Fsp3) is 0.429. The molecular formula is C21H28N2O2. The molecule has 2 rings (SSSR count). The summed E-state index contributed by atoms with van der Waals surface area (Å²) in [6.07, 6.45) is 6.21. The summed E-state index contributed by atoms with van der Waals surface area (Å²) in [4.78, 5) is 12.2. The van der Waals surface area contributed by atoms with Gasteiger partial charge in [-0.1, -0.05) is 50.5 Å². The summed E-state index contributed by atoms with van der Waals surface area (Å²) < 4.78 is 5.38. The molecule has 2 aromatic rings. The molecule has 0 unspecified atom stereocenters. The Labute approximate surface area is 150 Å². The van der Waals surface area contributed by atoms with E-state index in [1.807, 2.05) is 13.8 Å². The van der Waals surface area contributed by atoms with Gasteiger partial charge < -0.3 is 4.42 Å². The van der Waals surface area contributed by atoms with Crippen LogP contribution in [0.2, 0.25) is 0 Å². The normalized spacial score (nSPS) is 11.6. The van der Waals surface area contributed by atoms with Gasteiger partial charge in [0.15, 0.2) is 0 Å². The summed E-state index contributed by atoms with van der Waals surface area (Å²) in [5, 5.41) is 4.21. The van der Waals surface area contributed by atoms with Crippen LogP contribution in [0.1, 0.15) is 72.5 Å². The van der Waals surface area contributed by atoms with Crippen molar-refractivity contribution in [3.63, 3.8) is 0 Å². The Balaban J connectivity index is 1.93. The Hall–Kier alpha value is -2.36. The van der Waals surface area contributed by atoms with Crippen LogP contribution in [-0.4, -0.2) is 11.6 Å². The highest BCUT2D eigenvalue weighted by Crippen LogP contribution is 2.14. The van der Waals surface area contributed by atoms with Crippen molar-refractivity contribution in [2.75, 3.05) is 0 Å². The summed E-state index contributed by atoms with van der Waals surface area (Å²) in [7, 11) is 0. The molecule has 1 N–H and O–H groups in total. The maximum Gasteiger partial charge on any atom is 0.274 e. The Morgan fingerprint density at radius 2 is 1.84 bits per heavy atom. The van der Waals surface area contributed by atoms with E-state index in [4.69, 9.17) is 4.42 Å². The molecule has 0 fully saturated rings. The molecule has 0 aliphatic rings. The lowest BCUT2D eigenvalue weighted by molar-refractivity contribution is 0.0953. The van der Waals surface area contributed by atoms with Crippen LogP contribution < -0.4 is 5.43 Å². The zero-order valence-electron chi connectivity index (χ0n) is 15.7. The first-order valence-electron chi connectivity index (χ1n) is 9.02. The lowest BCUT2D eigenvalue weighted by Crippen LogP contribution is -2.19. The second kappa shape index (κ2) is 9.21. The summed E-state index contributed by atoms with van der Waals surface area (Å²) in [6, 6.07) is 10.1. The quantitative estimate of drug-likeness (QED) is 0.409. The number of hydrazone groups is 1. The van der Waals surface area contributed by atoms with Gasteiger partial charge in [-0.2, -0.15) is 5.10 Å². The molecule has 4 heteroatoms. The zero-order valence-corrected chi connectivity index (χ0v) is 15.7. The number of carbonyl (C=O) groups excluding carboxylic acids is 1. The Morgan fingerprint density at radius 3 is 2.44 bits per heavy atom. The largest absolute Gasteiger partial charge is 0.466 e. The molecule has 1 amide bonds. The van der Waals surface area contributed by atoms with Crippen LogP contribution in [0.25, 0.3) is 0 Å². The smallest absolute Gasteiger partial charge is 0.274 e. The maximum absolute atomic E-state index is 12.2. The van der Waals surface area contributed by atoms with E-state index in [0.29, 0.717) is 11.3 Å². The molecule has 0 bridgehead atoms. The molecule has 134 valence electrons. The number of nitrogens with zero attached hydrogens (tertiary/aromatic N) is 1. The van der Waals surface area contributed by atoms with Gasteiger partial charge in [0.25, 0.3) is 5.91 Å². The highest BCUT2D eigenvalue weighted by atomic mass is 16.3. The fourth-order valence-electron chi connectivity index (χ4n) is 2.78. The van der Waals surface area contributed by atoms with Gasteiger partial charge in [-0.15, -0.1) is 0 Å². The van der Waals surface area contributed by atoms with Crippen molar-refractivity contribution in [1.29, 1.82) is 0 Å². The van der Waals surface area contributed by atoms with Gasteiger partial charge in [0.1, 0.15) is 11.5 Å². The number of rotatable bonds is 8.